The van der Waals surface area contributed by atoms with Crippen LogP contribution in [0.5, 0.6) is 0 Å². The average molecular weight is 392 g/mol. The molecule has 9 nitrogen and oxygen atoms in total. The molecule has 1 unspecified atom stereocenters. The standard InChI is InChI=1S/C15H16N6O3S2/c22-26(23)7-6-11(10-26)8-14-17-18-15(24-14)25-9-13-16-19-20-21(13)12-4-2-1-3-5-12/h1-5,11H,6-10H2. The first kappa shape index (κ1) is 17.2. The van der Waals surface area contributed by atoms with Gasteiger partial charge in [-0.3, -0.25) is 0 Å². The van der Waals surface area contributed by atoms with Crippen molar-refractivity contribution < 1.29 is 12.8 Å². The van der Waals surface area contributed by atoms with Gasteiger partial charge in [0.2, 0.25) is 5.89 Å². The smallest absolute Gasteiger partial charge is 0.277 e. The van der Waals surface area contributed by atoms with Crippen LogP contribution in [0.15, 0.2) is 40.0 Å². The summed E-state index contributed by atoms with van der Waals surface area (Å²) < 4.78 is 30.3. The van der Waals surface area contributed by atoms with Gasteiger partial charge in [0.05, 0.1) is 22.9 Å². The fourth-order valence-electron chi connectivity index (χ4n) is 2.85. The van der Waals surface area contributed by atoms with Gasteiger partial charge in [-0.2, -0.15) is 4.68 Å². The van der Waals surface area contributed by atoms with E-state index in [1.165, 1.54) is 11.8 Å². The zero-order chi connectivity index (χ0) is 18.0. The highest BCUT2D eigenvalue weighted by Crippen LogP contribution is 2.25. The van der Waals surface area contributed by atoms with Gasteiger partial charge in [0.15, 0.2) is 15.7 Å². The molecule has 4 rings (SSSR count). The third-order valence-corrected chi connectivity index (χ3v) is 6.75. The molecule has 11 heteroatoms. The molecule has 0 spiro atoms. The van der Waals surface area contributed by atoms with Crippen LogP contribution >= 0.6 is 11.8 Å². The Balaban J connectivity index is 1.38. The minimum absolute atomic E-state index is 0.0590. The predicted molar refractivity (Wildman–Crippen MR) is 93.5 cm³/mol. The molecular formula is C15H16N6O3S2. The number of para-hydroxylation sites is 1. The summed E-state index contributed by atoms with van der Waals surface area (Å²) >= 11 is 1.34. The van der Waals surface area contributed by atoms with E-state index in [1.807, 2.05) is 30.3 Å². The Morgan fingerprint density at radius 3 is 2.81 bits per heavy atom. The van der Waals surface area contributed by atoms with Crippen LogP contribution in [0.25, 0.3) is 5.69 Å². The highest BCUT2D eigenvalue weighted by molar-refractivity contribution is 7.98. The molecular weight excluding hydrogens is 376 g/mol. The lowest BCUT2D eigenvalue weighted by molar-refractivity contribution is 0.389. The molecule has 1 aromatic carbocycles. The summed E-state index contributed by atoms with van der Waals surface area (Å²) in [5, 5.41) is 20.2. The molecule has 1 atom stereocenters. The lowest BCUT2D eigenvalue weighted by Crippen LogP contribution is -2.07. The lowest BCUT2D eigenvalue weighted by atomic mass is 10.1. The topological polar surface area (TPSA) is 117 Å². The molecule has 26 heavy (non-hydrogen) atoms. The van der Waals surface area contributed by atoms with E-state index in [9.17, 15) is 8.42 Å². The number of sulfone groups is 1. The number of rotatable bonds is 6. The molecule has 0 N–H and O–H groups in total. The molecule has 1 aliphatic rings. The fraction of sp³-hybridized carbons (Fsp3) is 0.400. The van der Waals surface area contributed by atoms with Crippen LogP contribution in [0.1, 0.15) is 18.1 Å². The van der Waals surface area contributed by atoms with Gasteiger partial charge in [0.25, 0.3) is 5.22 Å². The summed E-state index contributed by atoms with van der Waals surface area (Å²) in [6, 6.07) is 9.61. The minimum Gasteiger partial charge on any atom is -0.416 e. The van der Waals surface area contributed by atoms with Crippen molar-refractivity contribution in [2.75, 3.05) is 11.5 Å². The zero-order valence-electron chi connectivity index (χ0n) is 13.7. The predicted octanol–water partition coefficient (Wildman–Crippen LogP) is 1.31. The van der Waals surface area contributed by atoms with Crippen molar-refractivity contribution >= 4 is 21.6 Å². The Kier molecular flexibility index (Phi) is 4.72. The lowest BCUT2D eigenvalue weighted by Gasteiger charge is -2.03. The maximum Gasteiger partial charge on any atom is 0.277 e. The first-order valence-electron chi connectivity index (χ1n) is 8.07. The van der Waals surface area contributed by atoms with Gasteiger partial charge in [0.1, 0.15) is 0 Å². The van der Waals surface area contributed by atoms with Gasteiger partial charge in [0, 0.05) is 6.42 Å². The summed E-state index contributed by atoms with van der Waals surface area (Å²) in [4.78, 5) is 0. The van der Waals surface area contributed by atoms with Crippen molar-refractivity contribution in [1.29, 1.82) is 0 Å². The van der Waals surface area contributed by atoms with Crippen LogP contribution < -0.4 is 0 Å². The van der Waals surface area contributed by atoms with E-state index >= 15 is 0 Å². The third-order valence-electron chi connectivity index (χ3n) is 4.10. The quantitative estimate of drug-likeness (QED) is 0.572. The number of hydrogen-bond acceptors (Lipinski definition) is 9. The van der Waals surface area contributed by atoms with Gasteiger partial charge < -0.3 is 4.42 Å². The molecule has 0 aliphatic carbocycles. The normalized spacial score (nSPS) is 19.0. The highest BCUT2D eigenvalue weighted by Gasteiger charge is 2.29. The van der Waals surface area contributed by atoms with Crippen LogP contribution in [0.3, 0.4) is 0 Å². The molecule has 2 aromatic heterocycles. The Hall–Kier alpha value is -2.27. The number of hydrogen-bond donors (Lipinski definition) is 0. The van der Waals surface area contributed by atoms with Gasteiger partial charge in [-0.15, -0.1) is 15.3 Å². The van der Waals surface area contributed by atoms with Crippen molar-refractivity contribution in [3.05, 3.63) is 42.0 Å². The summed E-state index contributed by atoms with van der Waals surface area (Å²) in [7, 11) is -2.90. The van der Waals surface area contributed by atoms with E-state index in [-0.39, 0.29) is 17.4 Å². The molecule has 3 heterocycles. The number of tetrazole rings is 1. The molecule has 1 fully saturated rings. The molecule has 1 aliphatic heterocycles. The first-order chi connectivity index (χ1) is 12.6. The van der Waals surface area contributed by atoms with Crippen LogP contribution in [-0.4, -0.2) is 50.3 Å². The van der Waals surface area contributed by atoms with Gasteiger partial charge in [-0.05, 0) is 34.9 Å². The molecule has 136 valence electrons. The van der Waals surface area contributed by atoms with Crippen LogP contribution in [-0.2, 0) is 22.0 Å². The van der Waals surface area contributed by atoms with Crippen molar-refractivity contribution in [2.45, 2.75) is 23.8 Å². The van der Waals surface area contributed by atoms with Crippen LogP contribution in [0.4, 0.5) is 0 Å². The minimum atomic E-state index is -2.90. The summed E-state index contributed by atoms with van der Waals surface area (Å²) in [5.74, 6) is 2.12. The van der Waals surface area contributed by atoms with E-state index < -0.39 is 9.84 Å². The third kappa shape index (κ3) is 3.93. The number of benzene rings is 1. The Bertz CT molecular complexity index is 986. The van der Waals surface area contributed by atoms with Crippen LogP contribution in [0, 0.1) is 5.92 Å². The second-order valence-electron chi connectivity index (χ2n) is 6.07. The summed E-state index contributed by atoms with van der Waals surface area (Å²) in [6.07, 6.45) is 1.15. The van der Waals surface area contributed by atoms with E-state index in [0.29, 0.717) is 35.5 Å². The van der Waals surface area contributed by atoms with Crippen LogP contribution in [0.2, 0.25) is 0 Å². The monoisotopic (exact) mass is 392 g/mol. The molecule has 0 saturated carbocycles. The van der Waals surface area contributed by atoms with E-state index in [2.05, 4.69) is 25.7 Å². The Labute approximate surface area is 154 Å². The Morgan fingerprint density at radius 2 is 2.04 bits per heavy atom. The van der Waals surface area contributed by atoms with Gasteiger partial charge in [-0.25, -0.2) is 8.42 Å². The molecule has 0 radical (unpaired) electrons. The fourth-order valence-corrected chi connectivity index (χ4v) is 5.40. The maximum absolute atomic E-state index is 11.5. The van der Waals surface area contributed by atoms with Gasteiger partial charge in [-0.1, -0.05) is 30.0 Å². The molecule has 1 saturated heterocycles. The van der Waals surface area contributed by atoms with Crippen molar-refractivity contribution in [2.24, 2.45) is 5.92 Å². The molecule has 0 amide bonds. The molecule has 0 bridgehead atoms. The summed E-state index contributed by atoms with van der Waals surface area (Å²) in [5.41, 5.74) is 0.877. The largest absolute Gasteiger partial charge is 0.416 e. The second-order valence-corrected chi connectivity index (χ2v) is 9.22. The molecule has 3 aromatic rings. The number of thioether (sulfide) groups is 1. The average Bonchev–Trinajstić information content (AvgIpc) is 3.34. The first-order valence-corrected chi connectivity index (χ1v) is 10.9. The van der Waals surface area contributed by atoms with Crippen molar-refractivity contribution in [3.8, 4) is 5.69 Å². The SMILES string of the molecule is O=S1(=O)CCC(Cc2nnc(SCc3nnnn3-c3ccccc3)o2)C1. The highest BCUT2D eigenvalue weighted by atomic mass is 32.2. The zero-order valence-corrected chi connectivity index (χ0v) is 15.4. The Morgan fingerprint density at radius 1 is 1.19 bits per heavy atom. The number of nitrogens with zero attached hydrogens (tertiary/aromatic N) is 6. The summed E-state index contributed by atoms with van der Waals surface area (Å²) in [6.45, 7) is 0. The van der Waals surface area contributed by atoms with E-state index in [1.54, 1.807) is 4.68 Å². The number of aromatic nitrogens is 6. The van der Waals surface area contributed by atoms with Crippen molar-refractivity contribution in [3.63, 3.8) is 0 Å². The maximum atomic E-state index is 11.5. The van der Waals surface area contributed by atoms with Gasteiger partial charge >= 0.3 is 0 Å². The van der Waals surface area contributed by atoms with E-state index in [4.69, 9.17) is 4.42 Å². The van der Waals surface area contributed by atoms with E-state index in [0.717, 1.165) is 5.69 Å². The van der Waals surface area contributed by atoms with Crippen molar-refractivity contribution in [1.82, 2.24) is 30.4 Å². The second kappa shape index (κ2) is 7.16.